The lowest BCUT2D eigenvalue weighted by atomic mass is 10.1. The standard InChI is InChI=1S/C24H31N3O5S/c1-4-27(5-2)33(30,31)21-11-8-19(9-12-21)24(29)32-17-23(28)25-22-13-10-20(16-18(22)3)26-14-6-7-15-26/h8-13,16H,4-7,14-15,17H2,1-3H3,(H,25,28). The SMILES string of the molecule is CCN(CC)S(=O)(=O)c1ccc(C(=O)OCC(=O)Nc2ccc(N3CCCC3)cc2C)cc1. The normalized spacial score (nSPS) is 13.9. The molecule has 1 saturated heterocycles. The van der Waals surface area contributed by atoms with Gasteiger partial charge in [0.15, 0.2) is 6.61 Å². The quantitative estimate of drug-likeness (QED) is 0.561. The van der Waals surface area contributed by atoms with Gasteiger partial charge in [-0.25, -0.2) is 13.2 Å². The van der Waals surface area contributed by atoms with Gasteiger partial charge in [-0.05, 0) is 67.8 Å². The van der Waals surface area contributed by atoms with E-state index in [-0.39, 0.29) is 10.5 Å². The zero-order chi connectivity index (χ0) is 24.0. The van der Waals surface area contributed by atoms with Gasteiger partial charge in [0.1, 0.15) is 0 Å². The van der Waals surface area contributed by atoms with Gasteiger partial charge in [-0.3, -0.25) is 4.79 Å². The molecule has 0 aliphatic carbocycles. The fourth-order valence-electron chi connectivity index (χ4n) is 3.84. The third-order valence-corrected chi connectivity index (χ3v) is 7.79. The van der Waals surface area contributed by atoms with E-state index in [0.717, 1.165) is 24.3 Å². The van der Waals surface area contributed by atoms with Crippen molar-refractivity contribution in [3.63, 3.8) is 0 Å². The molecular formula is C24H31N3O5S. The molecule has 0 radical (unpaired) electrons. The summed E-state index contributed by atoms with van der Waals surface area (Å²) >= 11 is 0. The molecule has 1 heterocycles. The highest BCUT2D eigenvalue weighted by molar-refractivity contribution is 7.89. The number of carbonyl (C=O) groups excluding carboxylic acids is 2. The number of nitrogens with one attached hydrogen (secondary N) is 1. The molecule has 1 amide bonds. The van der Waals surface area contributed by atoms with Gasteiger partial charge in [0.2, 0.25) is 10.0 Å². The fraction of sp³-hybridized carbons (Fsp3) is 0.417. The maximum Gasteiger partial charge on any atom is 0.338 e. The number of rotatable bonds is 9. The van der Waals surface area contributed by atoms with E-state index >= 15 is 0 Å². The molecule has 0 atom stereocenters. The Hall–Kier alpha value is -2.91. The minimum atomic E-state index is -3.60. The van der Waals surface area contributed by atoms with Crippen LogP contribution in [0, 0.1) is 6.92 Å². The number of anilines is 2. The van der Waals surface area contributed by atoms with Crippen molar-refractivity contribution in [2.75, 3.05) is 43.0 Å². The van der Waals surface area contributed by atoms with Crippen LogP contribution in [0.2, 0.25) is 0 Å². The summed E-state index contributed by atoms with van der Waals surface area (Å²) in [6.07, 6.45) is 2.38. The number of nitrogens with zero attached hydrogens (tertiary/aromatic N) is 2. The smallest absolute Gasteiger partial charge is 0.338 e. The van der Waals surface area contributed by atoms with Crippen molar-refractivity contribution in [3.8, 4) is 0 Å². The van der Waals surface area contributed by atoms with Crippen molar-refractivity contribution < 1.29 is 22.7 Å². The molecule has 1 N–H and O–H groups in total. The number of hydrogen-bond acceptors (Lipinski definition) is 6. The average Bonchev–Trinajstić information content (AvgIpc) is 3.34. The number of carbonyl (C=O) groups is 2. The van der Waals surface area contributed by atoms with Gasteiger partial charge in [-0.2, -0.15) is 4.31 Å². The van der Waals surface area contributed by atoms with E-state index in [4.69, 9.17) is 4.74 Å². The van der Waals surface area contributed by atoms with Crippen molar-refractivity contribution >= 4 is 33.3 Å². The van der Waals surface area contributed by atoms with E-state index in [1.54, 1.807) is 13.8 Å². The van der Waals surface area contributed by atoms with Crippen LogP contribution in [-0.4, -0.2) is 57.4 Å². The molecule has 0 saturated carbocycles. The Morgan fingerprint density at radius 2 is 1.67 bits per heavy atom. The molecule has 2 aromatic rings. The summed E-state index contributed by atoms with van der Waals surface area (Å²) in [5.41, 5.74) is 2.92. The van der Waals surface area contributed by atoms with Gasteiger partial charge in [-0.15, -0.1) is 0 Å². The monoisotopic (exact) mass is 473 g/mol. The van der Waals surface area contributed by atoms with Crippen LogP contribution in [0.3, 0.4) is 0 Å². The maximum atomic E-state index is 12.5. The van der Waals surface area contributed by atoms with Gasteiger partial charge in [0.25, 0.3) is 5.91 Å². The summed E-state index contributed by atoms with van der Waals surface area (Å²) in [6.45, 7) is 7.83. The topological polar surface area (TPSA) is 96.0 Å². The average molecular weight is 474 g/mol. The Morgan fingerprint density at radius 3 is 2.24 bits per heavy atom. The number of amides is 1. The van der Waals surface area contributed by atoms with E-state index in [2.05, 4.69) is 10.2 Å². The summed E-state index contributed by atoms with van der Waals surface area (Å²) in [4.78, 5) is 27.0. The second kappa shape index (κ2) is 10.8. The van der Waals surface area contributed by atoms with Crippen LogP contribution in [-0.2, 0) is 19.6 Å². The van der Waals surface area contributed by atoms with Gasteiger partial charge < -0.3 is 15.0 Å². The molecule has 33 heavy (non-hydrogen) atoms. The van der Waals surface area contributed by atoms with E-state index in [9.17, 15) is 18.0 Å². The first-order chi connectivity index (χ1) is 15.8. The summed E-state index contributed by atoms with van der Waals surface area (Å²) < 4.78 is 31.5. The Labute approximate surface area is 195 Å². The molecule has 3 rings (SSSR count). The lowest BCUT2D eigenvalue weighted by Crippen LogP contribution is -2.30. The Balaban J connectivity index is 1.55. The largest absolute Gasteiger partial charge is 0.452 e. The molecule has 0 bridgehead atoms. The molecule has 2 aromatic carbocycles. The van der Waals surface area contributed by atoms with Crippen LogP contribution in [0.15, 0.2) is 47.4 Å². The number of hydrogen-bond donors (Lipinski definition) is 1. The molecular weight excluding hydrogens is 442 g/mol. The van der Waals surface area contributed by atoms with Crippen molar-refractivity contribution in [2.45, 2.75) is 38.5 Å². The Kier molecular flexibility index (Phi) is 8.10. The van der Waals surface area contributed by atoms with E-state index in [0.29, 0.717) is 18.8 Å². The number of benzene rings is 2. The molecule has 0 aromatic heterocycles. The highest BCUT2D eigenvalue weighted by Gasteiger charge is 2.22. The van der Waals surface area contributed by atoms with Crippen LogP contribution in [0.25, 0.3) is 0 Å². The third kappa shape index (κ3) is 5.91. The Morgan fingerprint density at radius 1 is 1.03 bits per heavy atom. The van der Waals surface area contributed by atoms with Gasteiger partial charge in [0.05, 0.1) is 10.5 Å². The van der Waals surface area contributed by atoms with Crippen LogP contribution in [0.4, 0.5) is 11.4 Å². The highest BCUT2D eigenvalue weighted by atomic mass is 32.2. The van der Waals surface area contributed by atoms with Crippen LogP contribution in [0.5, 0.6) is 0 Å². The number of aryl methyl sites for hydroxylation is 1. The molecule has 8 nitrogen and oxygen atoms in total. The molecule has 178 valence electrons. The van der Waals surface area contributed by atoms with Crippen LogP contribution in [0.1, 0.15) is 42.6 Å². The zero-order valence-corrected chi connectivity index (χ0v) is 20.2. The Bertz CT molecular complexity index is 1090. The van der Waals surface area contributed by atoms with Crippen molar-refractivity contribution in [1.29, 1.82) is 0 Å². The predicted molar refractivity (Wildman–Crippen MR) is 128 cm³/mol. The highest BCUT2D eigenvalue weighted by Crippen LogP contribution is 2.25. The summed E-state index contributed by atoms with van der Waals surface area (Å²) in [7, 11) is -3.60. The second-order valence-electron chi connectivity index (χ2n) is 7.93. The molecule has 9 heteroatoms. The molecule has 0 spiro atoms. The van der Waals surface area contributed by atoms with Gasteiger partial charge in [0, 0.05) is 37.6 Å². The first-order valence-corrected chi connectivity index (χ1v) is 12.6. The number of esters is 1. The van der Waals surface area contributed by atoms with E-state index < -0.39 is 28.5 Å². The summed E-state index contributed by atoms with van der Waals surface area (Å²) in [6, 6.07) is 11.4. The lowest BCUT2D eigenvalue weighted by molar-refractivity contribution is -0.119. The van der Waals surface area contributed by atoms with Gasteiger partial charge in [-0.1, -0.05) is 13.8 Å². The maximum absolute atomic E-state index is 12.5. The van der Waals surface area contributed by atoms with Crippen molar-refractivity contribution in [1.82, 2.24) is 4.31 Å². The minimum Gasteiger partial charge on any atom is -0.452 e. The van der Waals surface area contributed by atoms with Crippen LogP contribution < -0.4 is 10.2 Å². The molecule has 1 aliphatic rings. The molecule has 1 aliphatic heterocycles. The molecule has 0 unspecified atom stereocenters. The van der Waals surface area contributed by atoms with Crippen molar-refractivity contribution in [3.05, 3.63) is 53.6 Å². The minimum absolute atomic E-state index is 0.105. The molecule has 1 fully saturated rings. The van der Waals surface area contributed by atoms with Crippen molar-refractivity contribution in [2.24, 2.45) is 0 Å². The number of sulfonamides is 1. The zero-order valence-electron chi connectivity index (χ0n) is 19.3. The fourth-order valence-corrected chi connectivity index (χ4v) is 5.29. The second-order valence-corrected chi connectivity index (χ2v) is 9.87. The third-order valence-electron chi connectivity index (χ3n) is 5.72. The first kappa shape index (κ1) is 24.7. The number of ether oxygens (including phenoxy) is 1. The lowest BCUT2D eigenvalue weighted by Gasteiger charge is -2.19. The summed E-state index contributed by atoms with van der Waals surface area (Å²) in [5, 5.41) is 2.77. The van der Waals surface area contributed by atoms with Gasteiger partial charge >= 0.3 is 5.97 Å². The van der Waals surface area contributed by atoms with E-state index in [1.807, 2.05) is 25.1 Å². The van der Waals surface area contributed by atoms with Crippen LogP contribution >= 0.6 is 0 Å². The van der Waals surface area contributed by atoms with E-state index in [1.165, 1.54) is 41.4 Å². The first-order valence-electron chi connectivity index (χ1n) is 11.2. The predicted octanol–water partition coefficient (Wildman–Crippen LogP) is 3.42. The summed E-state index contributed by atoms with van der Waals surface area (Å²) in [5.74, 6) is -1.14.